The van der Waals surface area contributed by atoms with E-state index in [9.17, 15) is 0 Å². The summed E-state index contributed by atoms with van der Waals surface area (Å²) in [5.74, 6) is 0. The minimum atomic E-state index is 0.804. The fraction of sp³-hybridized carbons (Fsp3) is 0.867. The number of unbranched alkanes of at least 4 members (excludes halogenated alkanes) is 5. The van der Waals surface area contributed by atoms with Gasteiger partial charge in [-0.3, -0.25) is 0 Å². The molecule has 0 N–H and O–H groups in total. The molecule has 0 amide bonds. The SMILES string of the molecule is C=CCCCCCCCC(CCC)N(C)C. The molecule has 1 nitrogen and oxygen atoms in total. The Morgan fingerprint density at radius 1 is 1.00 bits per heavy atom. The predicted octanol–water partition coefficient (Wildman–Crippen LogP) is 4.63. The quantitative estimate of drug-likeness (QED) is 0.366. The molecule has 0 rings (SSSR count). The van der Waals surface area contributed by atoms with Gasteiger partial charge in [0.15, 0.2) is 0 Å². The minimum absolute atomic E-state index is 0.804. The van der Waals surface area contributed by atoms with Gasteiger partial charge in [0.05, 0.1) is 0 Å². The molecule has 0 saturated carbocycles. The van der Waals surface area contributed by atoms with Gasteiger partial charge in [-0.2, -0.15) is 0 Å². The Bertz CT molecular complexity index is 152. The van der Waals surface area contributed by atoms with E-state index in [1.54, 1.807) is 0 Å². The topological polar surface area (TPSA) is 3.24 Å². The van der Waals surface area contributed by atoms with Crippen LogP contribution in [0, 0.1) is 0 Å². The highest BCUT2D eigenvalue weighted by Crippen LogP contribution is 2.14. The maximum Gasteiger partial charge on any atom is 0.00890 e. The average molecular weight is 225 g/mol. The van der Waals surface area contributed by atoms with Gasteiger partial charge in [0, 0.05) is 6.04 Å². The van der Waals surface area contributed by atoms with Crippen molar-refractivity contribution in [3.63, 3.8) is 0 Å². The highest BCUT2D eigenvalue weighted by molar-refractivity contribution is 4.67. The van der Waals surface area contributed by atoms with Crippen molar-refractivity contribution in [2.45, 2.75) is 70.8 Å². The van der Waals surface area contributed by atoms with Crippen molar-refractivity contribution in [1.82, 2.24) is 4.90 Å². The van der Waals surface area contributed by atoms with Gasteiger partial charge in [-0.1, -0.05) is 45.1 Å². The molecule has 0 fully saturated rings. The van der Waals surface area contributed by atoms with Crippen molar-refractivity contribution >= 4 is 0 Å². The second kappa shape index (κ2) is 11.2. The maximum atomic E-state index is 3.75. The fourth-order valence-corrected chi connectivity index (χ4v) is 2.19. The normalized spacial score (nSPS) is 13.0. The van der Waals surface area contributed by atoms with Crippen molar-refractivity contribution < 1.29 is 0 Å². The molecule has 16 heavy (non-hydrogen) atoms. The molecule has 0 aromatic heterocycles. The van der Waals surface area contributed by atoms with Gasteiger partial charge >= 0.3 is 0 Å². The van der Waals surface area contributed by atoms with Gasteiger partial charge in [0.2, 0.25) is 0 Å². The van der Waals surface area contributed by atoms with Crippen molar-refractivity contribution in [1.29, 1.82) is 0 Å². The second-order valence-corrected chi connectivity index (χ2v) is 5.04. The lowest BCUT2D eigenvalue weighted by Crippen LogP contribution is -2.27. The summed E-state index contributed by atoms with van der Waals surface area (Å²) in [5, 5.41) is 0. The molecule has 0 aliphatic carbocycles. The van der Waals surface area contributed by atoms with Crippen LogP contribution in [0.15, 0.2) is 12.7 Å². The number of hydrogen-bond donors (Lipinski definition) is 0. The van der Waals surface area contributed by atoms with Crippen molar-refractivity contribution in [2.75, 3.05) is 14.1 Å². The van der Waals surface area contributed by atoms with Gasteiger partial charge in [0.1, 0.15) is 0 Å². The lowest BCUT2D eigenvalue weighted by atomic mass is 10.0. The van der Waals surface area contributed by atoms with E-state index in [0.29, 0.717) is 0 Å². The Hall–Kier alpha value is -0.300. The van der Waals surface area contributed by atoms with Crippen LogP contribution in [0.3, 0.4) is 0 Å². The Balaban J connectivity index is 3.36. The third-order valence-electron chi connectivity index (χ3n) is 3.30. The lowest BCUT2D eigenvalue weighted by molar-refractivity contribution is 0.256. The van der Waals surface area contributed by atoms with E-state index in [2.05, 4.69) is 32.5 Å². The molecule has 0 aliphatic heterocycles. The molecule has 0 aliphatic rings. The molecule has 0 saturated heterocycles. The molecule has 0 bridgehead atoms. The Kier molecular flexibility index (Phi) is 11.0. The van der Waals surface area contributed by atoms with Crippen LogP contribution in [0.4, 0.5) is 0 Å². The lowest BCUT2D eigenvalue weighted by Gasteiger charge is -2.23. The molecule has 0 aromatic rings. The fourth-order valence-electron chi connectivity index (χ4n) is 2.19. The van der Waals surface area contributed by atoms with E-state index in [0.717, 1.165) is 6.04 Å². The Labute approximate surface area is 103 Å². The number of hydrogen-bond acceptors (Lipinski definition) is 1. The smallest absolute Gasteiger partial charge is 0.00890 e. The average Bonchev–Trinajstić information content (AvgIpc) is 2.26. The van der Waals surface area contributed by atoms with E-state index in [1.165, 1.54) is 57.8 Å². The van der Waals surface area contributed by atoms with Gasteiger partial charge in [-0.25, -0.2) is 0 Å². The largest absolute Gasteiger partial charge is 0.306 e. The maximum absolute atomic E-state index is 3.75. The minimum Gasteiger partial charge on any atom is -0.306 e. The number of allylic oxidation sites excluding steroid dienone is 1. The van der Waals surface area contributed by atoms with Crippen molar-refractivity contribution in [3.8, 4) is 0 Å². The monoisotopic (exact) mass is 225 g/mol. The molecule has 1 unspecified atom stereocenters. The first-order chi connectivity index (χ1) is 7.72. The third-order valence-corrected chi connectivity index (χ3v) is 3.30. The molecular formula is C15H31N. The Morgan fingerprint density at radius 2 is 1.62 bits per heavy atom. The first-order valence-corrected chi connectivity index (χ1v) is 6.99. The zero-order valence-corrected chi connectivity index (χ0v) is 11.7. The van der Waals surface area contributed by atoms with Gasteiger partial charge in [-0.05, 0) is 39.8 Å². The van der Waals surface area contributed by atoms with Crippen LogP contribution in [0.5, 0.6) is 0 Å². The van der Waals surface area contributed by atoms with Crippen molar-refractivity contribution in [3.05, 3.63) is 12.7 Å². The first kappa shape index (κ1) is 15.7. The number of rotatable bonds is 11. The van der Waals surface area contributed by atoms with Crippen LogP contribution in [-0.2, 0) is 0 Å². The van der Waals surface area contributed by atoms with E-state index in [1.807, 2.05) is 6.08 Å². The zero-order valence-electron chi connectivity index (χ0n) is 11.7. The zero-order chi connectivity index (χ0) is 12.2. The van der Waals surface area contributed by atoms with E-state index < -0.39 is 0 Å². The van der Waals surface area contributed by atoms with Crippen LogP contribution < -0.4 is 0 Å². The highest BCUT2D eigenvalue weighted by atomic mass is 15.1. The van der Waals surface area contributed by atoms with Crippen LogP contribution in [0.25, 0.3) is 0 Å². The van der Waals surface area contributed by atoms with E-state index in [-0.39, 0.29) is 0 Å². The first-order valence-electron chi connectivity index (χ1n) is 6.99. The molecule has 0 heterocycles. The molecule has 96 valence electrons. The van der Waals surface area contributed by atoms with Gasteiger partial charge < -0.3 is 4.90 Å². The van der Waals surface area contributed by atoms with Crippen LogP contribution in [0.2, 0.25) is 0 Å². The summed E-state index contributed by atoms with van der Waals surface area (Å²) in [6, 6.07) is 0.804. The summed E-state index contributed by atoms with van der Waals surface area (Å²) in [6.07, 6.45) is 14.2. The molecule has 1 heteroatoms. The molecule has 0 spiro atoms. The van der Waals surface area contributed by atoms with Gasteiger partial charge in [-0.15, -0.1) is 6.58 Å². The molecule has 1 atom stereocenters. The van der Waals surface area contributed by atoms with Crippen LogP contribution >= 0.6 is 0 Å². The van der Waals surface area contributed by atoms with E-state index >= 15 is 0 Å². The molecular weight excluding hydrogens is 194 g/mol. The van der Waals surface area contributed by atoms with E-state index in [4.69, 9.17) is 0 Å². The summed E-state index contributed by atoms with van der Waals surface area (Å²) < 4.78 is 0. The third kappa shape index (κ3) is 8.96. The van der Waals surface area contributed by atoms with Crippen LogP contribution in [-0.4, -0.2) is 25.0 Å². The number of nitrogens with zero attached hydrogens (tertiary/aromatic N) is 1. The standard InChI is InChI=1S/C15H31N/c1-5-7-8-9-10-11-12-14-15(13-6-2)16(3)4/h5,15H,1,6-14H2,2-4H3. The summed E-state index contributed by atoms with van der Waals surface area (Å²) in [4.78, 5) is 2.39. The van der Waals surface area contributed by atoms with Crippen LogP contribution in [0.1, 0.15) is 64.7 Å². The highest BCUT2D eigenvalue weighted by Gasteiger charge is 2.08. The summed E-state index contributed by atoms with van der Waals surface area (Å²) in [6.45, 7) is 6.04. The second-order valence-electron chi connectivity index (χ2n) is 5.04. The van der Waals surface area contributed by atoms with Gasteiger partial charge in [0.25, 0.3) is 0 Å². The molecule has 0 radical (unpaired) electrons. The summed E-state index contributed by atoms with van der Waals surface area (Å²) >= 11 is 0. The summed E-state index contributed by atoms with van der Waals surface area (Å²) in [7, 11) is 4.43. The predicted molar refractivity (Wildman–Crippen MR) is 74.9 cm³/mol. The van der Waals surface area contributed by atoms with Crippen molar-refractivity contribution in [2.24, 2.45) is 0 Å². The summed E-state index contributed by atoms with van der Waals surface area (Å²) in [5.41, 5.74) is 0. The molecule has 0 aromatic carbocycles. The Morgan fingerprint density at radius 3 is 2.19 bits per heavy atom.